The van der Waals surface area contributed by atoms with Crippen molar-refractivity contribution in [3.63, 3.8) is 0 Å². The Labute approximate surface area is 120 Å². The third kappa shape index (κ3) is 4.13. The average Bonchev–Trinajstić information content (AvgIpc) is 2.39. The molecule has 0 heterocycles. The Balaban J connectivity index is 2.98. The van der Waals surface area contributed by atoms with Gasteiger partial charge in [0.25, 0.3) is 0 Å². The van der Waals surface area contributed by atoms with Gasteiger partial charge >= 0.3 is 5.97 Å². The van der Waals surface area contributed by atoms with Gasteiger partial charge in [-0.2, -0.15) is 0 Å². The van der Waals surface area contributed by atoms with E-state index >= 15 is 0 Å². The van der Waals surface area contributed by atoms with Gasteiger partial charge in [-0.05, 0) is 18.1 Å². The summed E-state index contributed by atoms with van der Waals surface area (Å²) in [6, 6.07) is 4.74. The van der Waals surface area contributed by atoms with E-state index in [0.717, 1.165) is 0 Å². The number of ether oxygens (including phenoxy) is 1. The van der Waals surface area contributed by atoms with Gasteiger partial charge in [0.15, 0.2) is 5.78 Å². The third-order valence-corrected chi connectivity index (χ3v) is 3.38. The van der Waals surface area contributed by atoms with E-state index in [0.29, 0.717) is 5.56 Å². The number of hydrogen-bond acceptors (Lipinski definition) is 3. The molecule has 0 spiro atoms. The second-order valence-corrected chi connectivity index (χ2v) is 4.68. The number of carbonyl (C=O) groups is 2. The SMILES string of the molecule is CCOC(=O)Cc1cccc(C(C)C(=O)CBr)c1F. The fourth-order valence-electron chi connectivity index (χ4n) is 1.73. The zero-order chi connectivity index (χ0) is 14.4. The molecular formula is C14H16BrFO3. The molecule has 0 saturated carbocycles. The van der Waals surface area contributed by atoms with E-state index in [4.69, 9.17) is 4.74 Å². The highest BCUT2D eigenvalue weighted by Crippen LogP contribution is 2.23. The molecule has 0 aliphatic rings. The van der Waals surface area contributed by atoms with Gasteiger partial charge in [-0.3, -0.25) is 9.59 Å². The lowest BCUT2D eigenvalue weighted by atomic mass is 9.94. The number of alkyl halides is 1. The first-order chi connectivity index (χ1) is 9.01. The van der Waals surface area contributed by atoms with Gasteiger partial charge in [0, 0.05) is 5.92 Å². The smallest absolute Gasteiger partial charge is 0.310 e. The molecule has 1 atom stereocenters. The number of rotatable bonds is 6. The Morgan fingerprint density at radius 2 is 2.11 bits per heavy atom. The molecule has 0 N–H and O–H groups in total. The fourth-order valence-corrected chi connectivity index (χ4v) is 2.21. The Hall–Kier alpha value is -1.23. The van der Waals surface area contributed by atoms with Crippen LogP contribution in [-0.4, -0.2) is 23.7 Å². The number of carbonyl (C=O) groups excluding carboxylic acids is 2. The van der Waals surface area contributed by atoms with Gasteiger partial charge in [0.2, 0.25) is 0 Å². The molecule has 0 radical (unpaired) electrons. The molecule has 0 saturated heterocycles. The van der Waals surface area contributed by atoms with Crippen molar-refractivity contribution < 1.29 is 18.7 Å². The molecule has 0 aliphatic carbocycles. The fraction of sp³-hybridized carbons (Fsp3) is 0.429. The maximum Gasteiger partial charge on any atom is 0.310 e. The quantitative estimate of drug-likeness (QED) is 0.595. The third-order valence-electron chi connectivity index (χ3n) is 2.83. The first-order valence-corrected chi connectivity index (χ1v) is 7.15. The Morgan fingerprint density at radius 3 is 2.68 bits per heavy atom. The maximum absolute atomic E-state index is 14.2. The van der Waals surface area contributed by atoms with E-state index in [1.54, 1.807) is 26.0 Å². The summed E-state index contributed by atoms with van der Waals surface area (Å²) < 4.78 is 19.0. The molecule has 0 aliphatic heterocycles. The molecule has 0 aromatic heterocycles. The highest BCUT2D eigenvalue weighted by Gasteiger charge is 2.20. The molecule has 1 aromatic rings. The van der Waals surface area contributed by atoms with Crippen molar-refractivity contribution >= 4 is 27.7 Å². The van der Waals surface area contributed by atoms with Crippen LogP contribution in [0.3, 0.4) is 0 Å². The summed E-state index contributed by atoms with van der Waals surface area (Å²) >= 11 is 3.07. The summed E-state index contributed by atoms with van der Waals surface area (Å²) in [5.41, 5.74) is 0.566. The number of benzene rings is 1. The summed E-state index contributed by atoms with van der Waals surface area (Å²) in [6.07, 6.45) is -0.122. The van der Waals surface area contributed by atoms with Crippen molar-refractivity contribution in [3.8, 4) is 0 Å². The molecule has 19 heavy (non-hydrogen) atoms. The summed E-state index contributed by atoms with van der Waals surface area (Å²) in [6.45, 7) is 3.61. The van der Waals surface area contributed by atoms with E-state index in [2.05, 4.69) is 15.9 Å². The Kier molecular flexibility index (Phi) is 6.15. The molecular weight excluding hydrogens is 315 g/mol. The summed E-state index contributed by atoms with van der Waals surface area (Å²) in [7, 11) is 0. The van der Waals surface area contributed by atoms with Crippen molar-refractivity contribution in [2.24, 2.45) is 0 Å². The minimum absolute atomic E-state index is 0.104. The molecule has 1 rings (SSSR count). The van der Waals surface area contributed by atoms with Crippen molar-refractivity contribution in [1.29, 1.82) is 0 Å². The number of ketones is 1. The topological polar surface area (TPSA) is 43.4 Å². The lowest BCUT2D eigenvalue weighted by Gasteiger charge is -2.13. The molecule has 0 amide bonds. The zero-order valence-corrected chi connectivity index (χ0v) is 12.5. The number of hydrogen-bond donors (Lipinski definition) is 0. The Bertz CT molecular complexity index is 474. The van der Waals surface area contributed by atoms with Crippen LogP contribution in [-0.2, 0) is 20.7 Å². The largest absolute Gasteiger partial charge is 0.466 e. The molecule has 3 nitrogen and oxygen atoms in total. The van der Waals surface area contributed by atoms with Crippen LogP contribution in [0.5, 0.6) is 0 Å². The highest BCUT2D eigenvalue weighted by atomic mass is 79.9. The maximum atomic E-state index is 14.2. The standard InChI is InChI=1S/C14H16BrFO3/c1-3-19-13(18)7-10-5-4-6-11(14(10)16)9(2)12(17)8-15/h4-6,9H,3,7-8H2,1-2H3. The first kappa shape index (κ1) is 15.8. The normalized spacial score (nSPS) is 12.0. The molecule has 1 aromatic carbocycles. The predicted octanol–water partition coefficient (Wildman–Crippen LogP) is 3.00. The van der Waals surface area contributed by atoms with E-state index in [1.807, 2.05) is 0 Å². The van der Waals surface area contributed by atoms with Gasteiger partial charge in [-0.25, -0.2) is 4.39 Å². The molecule has 1 unspecified atom stereocenters. The van der Waals surface area contributed by atoms with Crippen LogP contribution in [0.4, 0.5) is 4.39 Å². The summed E-state index contributed by atoms with van der Waals surface area (Å²) in [4.78, 5) is 23.0. The Morgan fingerprint density at radius 1 is 1.42 bits per heavy atom. The van der Waals surface area contributed by atoms with Crippen LogP contribution in [0.15, 0.2) is 18.2 Å². The lowest BCUT2D eigenvalue weighted by molar-refractivity contribution is -0.142. The van der Waals surface area contributed by atoms with Gasteiger partial charge in [-0.15, -0.1) is 0 Å². The van der Waals surface area contributed by atoms with Crippen molar-refractivity contribution in [2.45, 2.75) is 26.2 Å². The van der Waals surface area contributed by atoms with Gasteiger partial charge in [0.1, 0.15) is 5.82 Å². The van der Waals surface area contributed by atoms with Crippen LogP contribution in [0.25, 0.3) is 0 Å². The zero-order valence-electron chi connectivity index (χ0n) is 10.9. The van der Waals surface area contributed by atoms with Crippen molar-refractivity contribution in [3.05, 3.63) is 35.1 Å². The average molecular weight is 331 g/mol. The van der Waals surface area contributed by atoms with Crippen LogP contribution in [0, 0.1) is 5.82 Å². The number of halogens is 2. The van der Waals surface area contributed by atoms with Crippen LogP contribution in [0.1, 0.15) is 30.9 Å². The van der Waals surface area contributed by atoms with Gasteiger partial charge in [0.05, 0.1) is 18.4 Å². The van der Waals surface area contributed by atoms with E-state index < -0.39 is 17.7 Å². The van der Waals surface area contributed by atoms with Crippen LogP contribution in [0.2, 0.25) is 0 Å². The number of Topliss-reactive ketones (excluding diaryl/α,β-unsaturated/α-hetero) is 1. The second-order valence-electron chi connectivity index (χ2n) is 4.12. The molecule has 104 valence electrons. The van der Waals surface area contributed by atoms with Crippen LogP contribution >= 0.6 is 15.9 Å². The summed E-state index contributed by atoms with van der Waals surface area (Å²) in [5, 5.41) is 0.176. The minimum Gasteiger partial charge on any atom is -0.466 e. The van der Waals surface area contributed by atoms with E-state index in [1.165, 1.54) is 6.07 Å². The molecule has 0 fully saturated rings. The van der Waals surface area contributed by atoms with Crippen molar-refractivity contribution in [2.75, 3.05) is 11.9 Å². The van der Waals surface area contributed by atoms with Crippen LogP contribution < -0.4 is 0 Å². The van der Waals surface area contributed by atoms with E-state index in [-0.39, 0.29) is 29.7 Å². The van der Waals surface area contributed by atoms with E-state index in [9.17, 15) is 14.0 Å². The predicted molar refractivity (Wildman–Crippen MR) is 74.0 cm³/mol. The van der Waals surface area contributed by atoms with Gasteiger partial charge in [-0.1, -0.05) is 41.1 Å². The second kappa shape index (κ2) is 7.38. The van der Waals surface area contributed by atoms with Gasteiger partial charge < -0.3 is 4.74 Å². The number of esters is 1. The lowest BCUT2D eigenvalue weighted by Crippen LogP contribution is -2.14. The first-order valence-electron chi connectivity index (χ1n) is 6.02. The monoisotopic (exact) mass is 330 g/mol. The highest BCUT2D eigenvalue weighted by molar-refractivity contribution is 9.09. The molecule has 5 heteroatoms. The summed E-state index contributed by atoms with van der Waals surface area (Å²) in [5.74, 6) is -1.62. The molecule has 0 bridgehead atoms. The minimum atomic E-state index is -0.540. The van der Waals surface area contributed by atoms with Crippen molar-refractivity contribution in [1.82, 2.24) is 0 Å².